The molecule has 0 spiro atoms. The molecule has 0 N–H and O–H groups in total. The molecule has 3 heterocycles. The first-order valence-electron chi connectivity index (χ1n) is 10.8. The topological polar surface area (TPSA) is 93.8 Å². The SMILES string of the molecule is CC(C(Cn1cncn1)c1ccc(F)cc1F)n1ccc2nc(-c3ccc(C#N)cc3)cn2c1=O. The van der Waals surface area contributed by atoms with Crippen molar-refractivity contribution >= 4 is 5.65 Å². The van der Waals surface area contributed by atoms with E-state index < -0.39 is 23.6 Å². The van der Waals surface area contributed by atoms with E-state index in [0.29, 0.717) is 16.9 Å². The molecule has 2 atom stereocenters. The minimum Gasteiger partial charge on any atom is -0.297 e. The molecule has 2 aromatic carbocycles. The van der Waals surface area contributed by atoms with Gasteiger partial charge in [-0.1, -0.05) is 18.2 Å². The van der Waals surface area contributed by atoms with Gasteiger partial charge in [-0.2, -0.15) is 10.4 Å². The van der Waals surface area contributed by atoms with Crippen molar-refractivity contribution in [1.82, 2.24) is 28.7 Å². The fourth-order valence-corrected chi connectivity index (χ4v) is 4.20. The number of hydrogen-bond donors (Lipinski definition) is 0. The fourth-order valence-electron chi connectivity index (χ4n) is 4.20. The monoisotopic (exact) mass is 471 g/mol. The van der Waals surface area contributed by atoms with Gasteiger partial charge < -0.3 is 0 Å². The van der Waals surface area contributed by atoms with Gasteiger partial charge in [-0.05, 0) is 36.8 Å². The predicted octanol–water partition coefficient (Wildman–Crippen LogP) is 3.95. The van der Waals surface area contributed by atoms with Crippen LogP contribution in [0.4, 0.5) is 8.78 Å². The van der Waals surface area contributed by atoms with E-state index in [4.69, 9.17) is 5.26 Å². The van der Waals surface area contributed by atoms with Gasteiger partial charge in [0, 0.05) is 36.0 Å². The Morgan fingerprint density at radius 1 is 1.11 bits per heavy atom. The number of halogens is 2. The summed E-state index contributed by atoms with van der Waals surface area (Å²) in [6, 6.07) is 13.6. The van der Waals surface area contributed by atoms with Gasteiger partial charge in [-0.3, -0.25) is 13.6 Å². The summed E-state index contributed by atoms with van der Waals surface area (Å²) in [7, 11) is 0. The molecule has 8 nitrogen and oxygen atoms in total. The Morgan fingerprint density at radius 3 is 2.60 bits per heavy atom. The number of nitriles is 1. The number of hydrogen-bond acceptors (Lipinski definition) is 5. The summed E-state index contributed by atoms with van der Waals surface area (Å²) < 4.78 is 32.9. The van der Waals surface area contributed by atoms with E-state index in [1.165, 1.54) is 33.8 Å². The number of imidazole rings is 1. The van der Waals surface area contributed by atoms with Crippen molar-refractivity contribution in [2.75, 3.05) is 0 Å². The zero-order chi connectivity index (χ0) is 24.5. The van der Waals surface area contributed by atoms with Crippen molar-refractivity contribution in [2.24, 2.45) is 0 Å². The van der Waals surface area contributed by atoms with Gasteiger partial charge in [0.25, 0.3) is 0 Å². The number of benzene rings is 2. The van der Waals surface area contributed by atoms with Gasteiger partial charge in [0.2, 0.25) is 0 Å². The first kappa shape index (κ1) is 22.2. The van der Waals surface area contributed by atoms with Crippen LogP contribution in [-0.4, -0.2) is 28.7 Å². The highest BCUT2D eigenvalue weighted by Gasteiger charge is 2.26. The van der Waals surface area contributed by atoms with E-state index in [1.54, 1.807) is 54.3 Å². The molecule has 0 saturated heterocycles. The van der Waals surface area contributed by atoms with Gasteiger partial charge in [0.05, 0.1) is 23.9 Å². The Labute approximate surface area is 198 Å². The van der Waals surface area contributed by atoms with Crippen LogP contribution in [0.3, 0.4) is 0 Å². The Hall–Kier alpha value is -4.65. The zero-order valence-corrected chi connectivity index (χ0v) is 18.6. The van der Waals surface area contributed by atoms with Crippen LogP contribution in [-0.2, 0) is 6.54 Å². The van der Waals surface area contributed by atoms with Gasteiger partial charge in [-0.25, -0.2) is 23.5 Å². The fraction of sp³-hybridized carbons (Fsp3) is 0.160. The van der Waals surface area contributed by atoms with Crippen molar-refractivity contribution in [3.63, 3.8) is 0 Å². The zero-order valence-electron chi connectivity index (χ0n) is 18.6. The van der Waals surface area contributed by atoms with Gasteiger partial charge in [0.1, 0.15) is 29.9 Å². The summed E-state index contributed by atoms with van der Waals surface area (Å²) in [5, 5.41) is 13.1. The minimum atomic E-state index is -0.693. The Balaban J connectivity index is 1.56. The van der Waals surface area contributed by atoms with E-state index in [9.17, 15) is 13.6 Å². The Kier molecular flexibility index (Phi) is 5.66. The molecule has 0 radical (unpaired) electrons. The second-order valence-corrected chi connectivity index (χ2v) is 8.18. The standard InChI is InChI=1S/C25H19F2N7O/c1-16(21(12-32-15-29-14-30-32)20-7-6-19(26)10-22(20)27)33-9-8-24-31-23(13-34(24)25(33)35)18-4-2-17(11-28)3-5-18/h2-10,13-16,21H,12H2,1H3. The summed E-state index contributed by atoms with van der Waals surface area (Å²) in [5.74, 6) is -1.92. The molecule has 3 aromatic heterocycles. The maximum absolute atomic E-state index is 14.8. The van der Waals surface area contributed by atoms with Gasteiger partial charge in [-0.15, -0.1) is 0 Å². The van der Waals surface area contributed by atoms with Crippen molar-refractivity contribution in [3.8, 4) is 17.3 Å². The molecule has 0 bridgehead atoms. The first-order valence-corrected chi connectivity index (χ1v) is 10.8. The smallest absolute Gasteiger partial charge is 0.297 e. The molecule has 10 heteroatoms. The molecular formula is C25H19F2N7O. The maximum atomic E-state index is 14.8. The average molecular weight is 471 g/mol. The molecular weight excluding hydrogens is 452 g/mol. The highest BCUT2D eigenvalue weighted by Crippen LogP contribution is 2.31. The van der Waals surface area contributed by atoms with Gasteiger partial charge in [0.15, 0.2) is 0 Å². The molecule has 0 fully saturated rings. The quantitative estimate of drug-likeness (QED) is 0.374. The lowest BCUT2D eigenvalue weighted by atomic mass is 9.91. The van der Waals surface area contributed by atoms with E-state index in [0.717, 1.165) is 11.6 Å². The van der Waals surface area contributed by atoms with Crippen LogP contribution in [0.1, 0.15) is 30.0 Å². The predicted molar refractivity (Wildman–Crippen MR) is 123 cm³/mol. The second-order valence-electron chi connectivity index (χ2n) is 8.18. The normalized spacial score (nSPS) is 13.0. The lowest BCUT2D eigenvalue weighted by Crippen LogP contribution is -2.32. The molecule has 35 heavy (non-hydrogen) atoms. The third kappa shape index (κ3) is 4.19. The molecule has 0 saturated carbocycles. The van der Waals surface area contributed by atoms with Crippen LogP contribution in [0.25, 0.3) is 16.9 Å². The van der Waals surface area contributed by atoms with Crippen LogP contribution in [0.15, 0.2) is 78.4 Å². The summed E-state index contributed by atoms with van der Waals surface area (Å²) in [4.78, 5) is 21.9. The second kappa shape index (κ2) is 8.95. The molecule has 174 valence electrons. The van der Waals surface area contributed by atoms with Crippen molar-refractivity contribution in [2.45, 2.75) is 25.4 Å². The molecule has 0 amide bonds. The molecule has 5 aromatic rings. The number of fused-ring (bicyclic) bond motifs is 1. The average Bonchev–Trinajstić information content (AvgIpc) is 3.53. The first-order chi connectivity index (χ1) is 16.9. The number of rotatable bonds is 6. The van der Waals surface area contributed by atoms with E-state index in [-0.39, 0.29) is 17.8 Å². The van der Waals surface area contributed by atoms with Crippen molar-refractivity contribution in [3.05, 3.63) is 107 Å². The highest BCUT2D eigenvalue weighted by atomic mass is 19.1. The summed E-state index contributed by atoms with van der Waals surface area (Å²) in [6.07, 6.45) is 6.13. The van der Waals surface area contributed by atoms with Crippen LogP contribution >= 0.6 is 0 Å². The molecule has 0 aliphatic heterocycles. The molecule has 2 unspecified atom stereocenters. The molecule has 0 aliphatic carbocycles. The van der Waals surface area contributed by atoms with Gasteiger partial charge >= 0.3 is 5.69 Å². The Bertz CT molecular complexity index is 1600. The highest BCUT2D eigenvalue weighted by molar-refractivity contribution is 5.63. The Morgan fingerprint density at radius 2 is 1.91 bits per heavy atom. The largest absolute Gasteiger partial charge is 0.334 e. The summed E-state index contributed by atoms with van der Waals surface area (Å²) >= 11 is 0. The third-order valence-corrected chi connectivity index (χ3v) is 6.09. The lowest BCUT2D eigenvalue weighted by molar-refractivity contribution is 0.361. The summed E-state index contributed by atoms with van der Waals surface area (Å²) in [5.41, 5.74) is 2.25. The number of nitrogens with zero attached hydrogens (tertiary/aromatic N) is 7. The van der Waals surface area contributed by atoms with Crippen LogP contribution in [0.5, 0.6) is 0 Å². The number of aromatic nitrogens is 6. The molecule has 5 rings (SSSR count). The summed E-state index contributed by atoms with van der Waals surface area (Å²) in [6.45, 7) is 2.03. The maximum Gasteiger partial charge on any atom is 0.334 e. The van der Waals surface area contributed by atoms with Crippen LogP contribution < -0.4 is 5.69 Å². The van der Waals surface area contributed by atoms with Crippen LogP contribution in [0, 0.1) is 23.0 Å². The van der Waals surface area contributed by atoms with E-state index in [2.05, 4.69) is 21.1 Å². The minimum absolute atomic E-state index is 0.231. The lowest BCUT2D eigenvalue weighted by Gasteiger charge is -2.26. The van der Waals surface area contributed by atoms with Crippen molar-refractivity contribution < 1.29 is 8.78 Å². The van der Waals surface area contributed by atoms with E-state index in [1.807, 2.05) is 0 Å². The van der Waals surface area contributed by atoms with Crippen LogP contribution in [0.2, 0.25) is 0 Å². The molecule has 0 aliphatic rings. The van der Waals surface area contributed by atoms with E-state index >= 15 is 0 Å². The third-order valence-electron chi connectivity index (χ3n) is 6.09. The van der Waals surface area contributed by atoms with Crippen molar-refractivity contribution in [1.29, 1.82) is 5.26 Å².